The van der Waals surface area contributed by atoms with Crippen LogP contribution >= 0.6 is 0 Å². The lowest BCUT2D eigenvalue weighted by Crippen LogP contribution is -2.49. The Labute approximate surface area is 87.4 Å². The maximum Gasteiger partial charge on any atom is 0.0712 e. The van der Waals surface area contributed by atoms with Gasteiger partial charge in [-0.1, -0.05) is 19.8 Å². The molecule has 0 radical (unpaired) electrons. The molecule has 0 aromatic heterocycles. The highest BCUT2D eigenvalue weighted by Gasteiger charge is 2.28. The molecule has 0 aromatic carbocycles. The standard InChI is InChI=1S/C11H24N2O/c1-8-4-6-10(7-5-8)11(13-12)9(2)14-3/h8-11,13H,4-7,12H2,1-3H3. The molecular weight excluding hydrogens is 176 g/mol. The Morgan fingerprint density at radius 1 is 1.29 bits per heavy atom. The molecule has 0 amide bonds. The number of hydrazine groups is 1. The van der Waals surface area contributed by atoms with Crippen molar-refractivity contribution in [2.75, 3.05) is 7.11 Å². The van der Waals surface area contributed by atoms with Gasteiger partial charge in [0.05, 0.1) is 6.10 Å². The van der Waals surface area contributed by atoms with Crippen molar-refractivity contribution < 1.29 is 4.74 Å². The molecule has 3 heteroatoms. The molecule has 0 aliphatic heterocycles. The lowest BCUT2D eigenvalue weighted by Gasteiger charge is -2.35. The highest BCUT2D eigenvalue weighted by atomic mass is 16.5. The number of hydrogen-bond acceptors (Lipinski definition) is 3. The Bertz CT molecular complexity index is 155. The average molecular weight is 200 g/mol. The summed E-state index contributed by atoms with van der Waals surface area (Å²) in [7, 11) is 1.75. The highest BCUT2D eigenvalue weighted by molar-refractivity contribution is 4.83. The van der Waals surface area contributed by atoms with Crippen LogP contribution in [0.5, 0.6) is 0 Å². The molecule has 1 aliphatic carbocycles. The van der Waals surface area contributed by atoms with Crippen LogP contribution in [0.15, 0.2) is 0 Å². The molecule has 0 aromatic rings. The van der Waals surface area contributed by atoms with E-state index in [0.29, 0.717) is 12.0 Å². The van der Waals surface area contributed by atoms with E-state index in [1.807, 2.05) is 0 Å². The second kappa shape index (κ2) is 5.69. The molecule has 14 heavy (non-hydrogen) atoms. The zero-order valence-electron chi connectivity index (χ0n) is 9.62. The molecule has 0 bridgehead atoms. The quantitative estimate of drug-likeness (QED) is 0.536. The molecule has 1 fully saturated rings. The minimum Gasteiger partial charge on any atom is -0.380 e. The first-order valence-corrected chi connectivity index (χ1v) is 5.68. The SMILES string of the molecule is COC(C)C(NN)C1CCC(C)CC1. The van der Waals surface area contributed by atoms with E-state index in [9.17, 15) is 0 Å². The van der Waals surface area contributed by atoms with Crippen LogP contribution in [0.1, 0.15) is 39.5 Å². The number of ether oxygens (including phenoxy) is 1. The summed E-state index contributed by atoms with van der Waals surface area (Å²) in [6.07, 6.45) is 5.44. The summed E-state index contributed by atoms with van der Waals surface area (Å²) in [4.78, 5) is 0. The van der Waals surface area contributed by atoms with Crippen LogP contribution in [0.4, 0.5) is 0 Å². The third-order valence-corrected chi connectivity index (χ3v) is 3.64. The zero-order valence-corrected chi connectivity index (χ0v) is 9.62. The maximum absolute atomic E-state index is 5.58. The van der Waals surface area contributed by atoms with Crippen molar-refractivity contribution in [3.05, 3.63) is 0 Å². The van der Waals surface area contributed by atoms with Crippen LogP contribution < -0.4 is 11.3 Å². The predicted molar refractivity (Wildman–Crippen MR) is 58.7 cm³/mol. The monoisotopic (exact) mass is 200 g/mol. The predicted octanol–water partition coefficient (Wildman–Crippen LogP) is 1.68. The fourth-order valence-electron chi connectivity index (χ4n) is 2.45. The molecule has 3 N–H and O–H groups in total. The van der Waals surface area contributed by atoms with Crippen molar-refractivity contribution in [2.45, 2.75) is 51.7 Å². The van der Waals surface area contributed by atoms with Gasteiger partial charge in [0, 0.05) is 13.2 Å². The summed E-state index contributed by atoms with van der Waals surface area (Å²) in [6.45, 7) is 4.42. The molecule has 0 saturated heterocycles. The third kappa shape index (κ3) is 2.94. The summed E-state index contributed by atoms with van der Waals surface area (Å²) >= 11 is 0. The fourth-order valence-corrected chi connectivity index (χ4v) is 2.45. The van der Waals surface area contributed by atoms with Gasteiger partial charge in [0.15, 0.2) is 0 Å². The van der Waals surface area contributed by atoms with Crippen LogP contribution in [0, 0.1) is 11.8 Å². The van der Waals surface area contributed by atoms with E-state index < -0.39 is 0 Å². The first kappa shape index (κ1) is 12.0. The van der Waals surface area contributed by atoms with Crippen molar-refractivity contribution in [1.82, 2.24) is 5.43 Å². The van der Waals surface area contributed by atoms with Gasteiger partial charge in [-0.25, -0.2) is 0 Å². The number of methoxy groups -OCH3 is 1. The Kier molecular flexibility index (Phi) is 4.85. The molecule has 1 rings (SSSR count). The van der Waals surface area contributed by atoms with Crippen LogP contribution in [0.3, 0.4) is 0 Å². The summed E-state index contributed by atoms with van der Waals surface area (Å²) < 4.78 is 5.34. The Hall–Kier alpha value is -0.120. The molecule has 2 atom stereocenters. The number of hydrogen-bond donors (Lipinski definition) is 2. The lowest BCUT2D eigenvalue weighted by molar-refractivity contribution is 0.0489. The van der Waals surface area contributed by atoms with Crippen molar-refractivity contribution in [3.8, 4) is 0 Å². The van der Waals surface area contributed by atoms with Gasteiger partial charge in [0.25, 0.3) is 0 Å². The molecule has 0 heterocycles. The Morgan fingerprint density at radius 3 is 2.29 bits per heavy atom. The average Bonchev–Trinajstić information content (AvgIpc) is 2.21. The number of rotatable bonds is 4. The Morgan fingerprint density at radius 2 is 1.86 bits per heavy atom. The third-order valence-electron chi connectivity index (χ3n) is 3.64. The largest absolute Gasteiger partial charge is 0.380 e. The molecule has 1 saturated carbocycles. The summed E-state index contributed by atoms with van der Waals surface area (Å²) in [5.74, 6) is 7.16. The van der Waals surface area contributed by atoms with E-state index in [0.717, 1.165) is 5.92 Å². The van der Waals surface area contributed by atoms with E-state index >= 15 is 0 Å². The topological polar surface area (TPSA) is 47.3 Å². The lowest BCUT2D eigenvalue weighted by atomic mass is 9.78. The van der Waals surface area contributed by atoms with Gasteiger partial charge in [-0.15, -0.1) is 0 Å². The van der Waals surface area contributed by atoms with E-state index in [1.165, 1.54) is 25.7 Å². The van der Waals surface area contributed by atoms with E-state index in [4.69, 9.17) is 10.6 Å². The smallest absolute Gasteiger partial charge is 0.0712 e. The Balaban J connectivity index is 2.44. The molecule has 3 nitrogen and oxygen atoms in total. The zero-order chi connectivity index (χ0) is 10.6. The fraction of sp³-hybridized carbons (Fsp3) is 1.00. The van der Waals surface area contributed by atoms with Gasteiger partial charge < -0.3 is 4.74 Å². The first-order chi connectivity index (χ1) is 6.69. The minimum atomic E-state index is 0.207. The van der Waals surface area contributed by atoms with Crippen molar-refractivity contribution in [1.29, 1.82) is 0 Å². The minimum absolute atomic E-state index is 0.207. The summed E-state index contributed by atoms with van der Waals surface area (Å²) in [5, 5.41) is 0. The van der Waals surface area contributed by atoms with Crippen molar-refractivity contribution in [3.63, 3.8) is 0 Å². The van der Waals surface area contributed by atoms with Crippen LogP contribution in [-0.4, -0.2) is 19.3 Å². The van der Waals surface area contributed by atoms with E-state index in [1.54, 1.807) is 7.11 Å². The van der Waals surface area contributed by atoms with Gasteiger partial charge >= 0.3 is 0 Å². The highest BCUT2D eigenvalue weighted by Crippen LogP contribution is 2.31. The first-order valence-electron chi connectivity index (χ1n) is 5.68. The number of nitrogens with two attached hydrogens (primary N) is 1. The van der Waals surface area contributed by atoms with E-state index in [2.05, 4.69) is 19.3 Å². The number of nitrogens with one attached hydrogen (secondary N) is 1. The van der Waals surface area contributed by atoms with Gasteiger partial charge in [0.2, 0.25) is 0 Å². The molecule has 2 unspecified atom stereocenters. The summed E-state index contributed by atoms with van der Waals surface area (Å²) in [5.41, 5.74) is 2.91. The second-order valence-electron chi connectivity index (χ2n) is 4.65. The van der Waals surface area contributed by atoms with Crippen molar-refractivity contribution >= 4 is 0 Å². The van der Waals surface area contributed by atoms with Crippen LogP contribution in [-0.2, 0) is 4.74 Å². The van der Waals surface area contributed by atoms with Gasteiger partial charge in [-0.2, -0.15) is 0 Å². The van der Waals surface area contributed by atoms with Gasteiger partial charge in [0.1, 0.15) is 0 Å². The molecule has 1 aliphatic rings. The van der Waals surface area contributed by atoms with Crippen LogP contribution in [0.2, 0.25) is 0 Å². The second-order valence-corrected chi connectivity index (χ2v) is 4.65. The van der Waals surface area contributed by atoms with E-state index in [-0.39, 0.29) is 6.10 Å². The van der Waals surface area contributed by atoms with Gasteiger partial charge in [-0.05, 0) is 31.6 Å². The molecular formula is C11H24N2O. The molecule has 84 valence electrons. The van der Waals surface area contributed by atoms with Crippen molar-refractivity contribution in [2.24, 2.45) is 17.7 Å². The summed E-state index contributed by atoms with van der Waals surface area (Å²) in [6, 6.07) is 0.312. The maximum atomic E-state index is 5.58. The van der Waals surface area contributed by atoms with Gasteiger partial charge in [-0.3, -0.25) is 11.3 Å². The normalized spacial score (nSPS) is 32.6. The van der Waals surface area contributed by atoms with Crippen LogP contribution in [0.25, 0.3) is 0 Å². The molecule has 0 spiro atoms.